The monoisotopic (exact) mass is 172 g/mol. The van der Waals surface area contributed by atoms with Crippen LogP contribution in [0.1, 0.15) is 19.3 Å². The lowest BCUT2D eigenvalue weighted by Gasteiger charge is -2.16. The van der Waals surface area contributed by atoms with Gasteiger partial charge >= 0.3 is 5.97 Å². The minimum atomic E-state index is -0.904. The molecule has 0 saturated heterocycles. The van der Waals surface area contributed by atoms with E-state index in [1.165, 1.54) is 12.8 Å². The van der Waals surface area contributed by atoms with E-state index in [4.69, 9.17) is 10.8 Å². The molecule has 0 radical (unpaired) electrons. The molecule has 1 fully saturated rings. The summed E-state index contributed by atoms with van der Waals surface area (Å²) < 4.78 is 0. The van der Waals surface area contributed by atoms with Crippen molar-refractivity contribution in [1.82, 2.24) is 4.90 Å². The van der Waals surface area contributed by atoms with Crippen molar-refractivity contribution in [2.75, 3.05) is 13.6 Å². The molecule has 0 aromatic carbocycles. The molecule has 4 heteroatoms. The quantitative estimate of drug-likeness (QED) is 0.607. The molecule has 12 heavy (non-hydrogen) atoms. The molecule has 1 unspecified atom stereocenters. The van der Waals surface area contributed by atoms with Crippen LogP contribution in [-0.4, -0.2) is 41.7 Å². The van der Waals surface area contributed by atoms with Gasteiger partial charge in [0, 0.05) is 12.6 Å². The summed E-state index contributed by atoms with van der Waals surface area (Å²) in [4.78, 5) is 12.5. The van der Waals surface area contributed by atoms with Crippen molar-refractivity contribution in [2.24, 2.45) is 5.73 Å². The highest BCUT2D eigenvalue weighted by molar-refractivity contribution is 5.72. The molecular weight excluding hydrogens is 156 g/mol. The first-order valence-corrected chi connectivity index (χ1v) is 4.30. The van der Waals surface area contributed by atoms with E-state index in [0.717, 1.165) is 6.54 Å². The SMILES string of the molecule is CN(CCC(N)C(=O)O)C1CC1. The van der Waals surface area contributed by atoms with E-state index >= 15 is 0 Å². The molecule has 3 N–H and O–H groups in total. The van der Waals surface area contributed by atoms with Gasteiger partial charge < -0.3 is 15.7 Å². The molecule has 0 aliphatic heterocycles. The van der Waals surface area contributed by atoms with Gasteiger partial charge in [0.15, 0.2) is 0 Å². The number of carboxylic acid groups (broad SMARTS) is 1. The molecule has 0 heterocycles. The number of rotatable bonds is 5. The maximum atomic E-state index is 10.4. The Labute approximate surface area is 72.3 Å². The third kappa shape index (κ3) is 2.79. The Morgan fingerprint density at radius 1 is 1.75 bits per heavy atom. The fourth-order valence-electron chi connectivity index (χ4n) is 1.16. The van der Waals surface area contributed by atoms with Crippen LogP contribution >= 0.6 is 0 Å². The first kappa shape index (κ1) is 9.48. The summed E-state index contributed by atoms with van der Waals surface area (Å²) in [6.45, 7) is 0.790. The molecule has 1 atom stereocenters. The minimum Gasteiger partial charge on any atom is -0.480 e. The topological polar surface area (TPSA) is 66.6 Å². The molecule has 1 saturated carbocycles. The molecule has 4 nitrogen and oxygen atoms in total. The van der Waals surface area contributed by atoms with Gasteiger partial charge in [-0.25, -0.2) is 0 Å². The van der Waals surface area contributed by atoms with E-state index < -0.39 is 12.0 Å². The van der Waals surface area contributed by atoms with Crippen molar-refractivity contribution < 1.29 is 9.90 Å². The van der Waals surface area contributed by atoms with E-state index in [1.807, 2.05) is 7.05 Å². The van der Waals surface area contributed by atoms with Crippen LogP contribution in [0, 0.1) is 0 Å². The number of nitrogens with zero attached hydrogens (tertiary/aromatic N) is 1. The van der Waals surface area contributed by atoms with Crippen molar-refractivity contribution >= 4 is 5.97 Å². The van der Waals surface area contributed by atoms with Crippen LogP contribution in [0.2, 0.25) is 0 Å². The summed E-state index contributed by atoms with van der Waals surface area (Å²) in [6, 6.07) is -0.0165. The van der Waals surface area contributed by atoms with Gasteiger partial charge in [-0.3, -0.25) is 4.79 Å². The number of hydrogen-bond donors (Lipinski definition) is 2. The third-order valence-electron chi connectivity index (χ3n) is 2.28. The molecule has 0 aromatic heterocycles. The highest BCUT2D eigenvalue weighted by Crippen LogP contribution is 2.25. The smallest absolute Gasteiger partial charge is 0.320 e. The first-order valence-electron chi connectivity index (χ1n) is 4.30. The van der Waals surface area contributed by atoms with Gasteiger partial charge in [-0.1, -0.05) is 0 Å². The number of hydrogen-bond acceptors (Lipinski definition) is 3. The molecule has 0 amide bonds. The molecule has 0 spiro atoms. The molecule has 1 aliphatic carbocycles. The van der Waals surface area contributed by atoms with Crippen molar-refractivity contribution in [2.45, 2.75) is 31.3 Å². The second-order valence-corrected chi connectivity index (χ2v) is 3.45. The maximum Gasteiger partial charge on any atom is 0.320 e. The zero-order chi connectivity index (χ0) is 9.14. The van der Waals surface area contributed by atoms with Gasteiger partial charge in [0.1, 0.15) is 6.04 Å². The Balaban J connectivity index is 2.11. The standard InChI is InChI=1S/C8H16N2O2/c1-10(6-2-3-6)5-4-7(9)8(11)12/h6-7H,2-5,9H2,1H3,(H,11,12). The molecule has 0 bridgehead atoms. The number of carbonyl (C=O) groups is 1. The zero-order valence-electron chi connectivity index (χ0n) is 7.36. The second kappa shape index (κ2) is 3.87. The average Bonchev–Trinajstić information content (AvgIpc) is 2.81. The fourth-order valence-corrected chi connectivity index (χ4v) is 1.16. The highest BCUT2D eigenvalue weighted by Gasteiger charge is 2.26. The number of aliphatic carboxylic acids is 1. The van der Waals surface area contributed by atoms with Gasteiger partial charge in [0.2, 0.25) is 0 Å². The predicted molar refractivity (Wildman–Crippen MR) is 45.9 cm³/mol. The molecule has 1 rings (SSSR count). The van der Waals surface area contributed by atoms with Crippen molar-refractivity contribution in [3.05, 3.63) is 0 Å². The van der Waals surface area contributed by atoms with Crippen LogP contribution in [0.25, 0.3) is 0 Å². The Morgan fingerprint density at radius 2 is 2.33 bits per heavy atom. The van der Waals surface area contributed by atoms with Crippen molar-refractivity contribution in [3.63, 3.8) is 0 Å². The molecule has 70 valence electrons. The minimum absolute atomic E-state index is 0.544. The lowest BCUT2D eigenvalue weighted by Crippen LogP contribution is -2.34. The Bertz CT molecular complexity index is 168. The van der Waals surface area contributed by atoms with E-state index in [2.05, 4.69) is 4.90 Å². The third-order valence-corrected chi connectivity index (χ3v) is 2.28. The van der Waals surface area contributed by atoms with Gasteiger partial charge in [-0.2, -0.15) is 0 Å². The maximum absolute atomic E-state index is 10.4. The molecular formula is C8H16N2O2. The molecule has 1 aliphatic rings. The van der Waals surface area contributed by atoms with Crippen LogP contribution in [0.3, 0.4) is 0 Å². The van der Waals surface area contributed by atoms with Crippen LogP contribution in [-0.2, 0) is 4.79 Å². The number of carboxylic acids is 1. The average molecular weight is 172 g/mol. The van der Waals surface area contributed by atoms with Crippen molar-refractivity contribution in [3.8, 4) is 0 Å². The van der Waals surface area contributed by atoms with Crippen LogP contribution in [0.4, 0.5) is 0 Å². The van der Waals surface area contributed by atoms with Crippen LogP contribution < -0.4 is 5.73 Å². The van der Waals surface area contributed by atoms with E-state index in [1.54, 1.807) is 0 Å². The fraction of sp³-hybridized carbons (Fsp3) is 0.875. The lowest BCUT2D eigenvalue weighted by atomic mass is 10.2. The highest BCUT2D eigenvalue weighted by atomic mass is 16.4. The molecule has 0 aromatic rings. The van der Waals surface area contributed by atoms with Gasteiger partial charge in [0.25, 0.3) is 0 Å². The van der Waals surface area contributed by atoms with Crippen LogP contribution in [0.15, 0.2) is 0 Å². The van der Waals surface area contributed by atoms with E-state index in [-0.39, 0.29) is 0 Å². The Morgan fingerprint density at radius 3 is 2.75 bits per heavy atom. The summed E-state index contributed by atoms with van der Waals surface area (Å²) in [5.74, 6) is -0.904. The summed E-state index contributed by atoms with van der Waals surface area (Å²) in [5.41, 5.74) is 5.36. The summed E-state index contributed by atoms with van der Waals surface area (Å²) in [5, 5.41) is 8.51. The van der Waals surface area contributed by atoms with Gasteiger partial charge in [-0.15, -0.1) is 0 Å². The number of nitrogens with two attached hydrogens (primary N) is 1. The van der Waals surface area contributed by atoms with E-state index in [0.29, 0.717) is 12.5 Å². The predicted octanol–water partition coefficient (Wildman–Crippen LogP) is -0.117. The lowest BCUT2D eigenvalue weighted by molar-refractivity contribution is -0.138. The van der Waals surface area contributed by atoms with Gasteiger partial charge in [-0.05, 0) is 26.3 Å². The second-order valence-electron chi connectivity index (χ2n) is 3.45. The van der Waals surface area contributed by atoms with E-state index in [9.17, 15) is 4.79 Å². The first-order chi connectivity index (χ1) is 5.61. The van der Waals surface area contributed by atoms with Gasteiger partial charge in [0.05, 0.1) is 0 Å². The Hall–Kier alpha value is -0.610. The zero-order valence-corrected chi connectivity index (χ0v) is 7.36. The normalized spacial score (nSPS) is 19.6. The summed E-state index contributed by atoms with van der Waals surface area (Å²) in [7, 11) is 2.02. The largest absolute Gasteiger partial charge is 0.480 e. The Kier molecular flexibility index (Phi) is 3.05. The van der Waals surface area contributed by atoms with Crippen molar-refractivity contribution in [1.29, 1.82) is 0 Å². The summed E-state index contributed by atoms with van der Waals surface area (Å²) >= 11 is 0. The van der Waals surface area contributed by atoms with Crippen LogP contribution in [0.5, 0.6) is 0 Å². The summed E-state index contributed by atoms with van der Waals surface area (Å²) in [6.07, 6.45) is 3.04.